The van der Waals surface area contributed by atoms with E-state index in [1.165, 1.54) is 19.4 Å². The molecule has 0 aliphatic carbocycles. The van der Waals surface area contributed by atoms with E-state index in [-0.39, 0.29) is 18.8 Å². The highest BCUT2D eigenvalue weighted by Crippen LogP contribution is 2.32. The smallest absolute Gasteiger partial charge is 0.137 e. The fourth-order valence-corrected chi connectivity index (χ4v) is 4.58. The van der Waals surface area contributed by atoms with Gasteiger partial charge in [-0.25, -0.2) is 0 Å². The highest BCUT2D eigenvalue weighted by atomic mass is 35.5. The molecule has 0 bridgehead atoms. The number of piperidine rings is 1. The van der Waals surface area contributed by atoms with Crippen LogP contribution in [0.15, 0.2) is 30.3 Å². The number of benzene rings is 2. The molecule has 0 atom stereocenters. The van der Waals surface area contributed by atoms with Crippen molar-refractivity contribution in [3.63, 3.8) is 0 Å². The monoisotopic (exact) mass is 488 g/mol. The van der Waals surface area contributed by atoms with Crippen LogP contribution in [0.3, 0.4) is 0 Å². The lowest BCUT2D eigenvalue weighted by molar-refractivity contribution is -0.119. The summed E-state index contributed by atoms with van der Waals surface area (Å²) in [5.74, 6) is 2.60. The van der Waals surface area contributed by atoms with Gasteiger partial charge in [0.2, 0.25) is 0 Å². The number of methoxy groups -OCH3 is 2. The Bertz CT molecular complexity index is 936. The van der Waals surface area contributed by atoms with Crippen molar-refractivity contribution in [2.45, 2.75) is 52.1 Å². The van der Waals surface area contributed by atoms with Gasteiger partial charge >= 0.3 is 0 Å². The lowest BCUT2D eigenvalue weighted by Gasteiger charge is -2.31. The van der Waals surface area contributed by atoms with E-state index in [9.17, 15) is 4.79 Å². The molecule has 3 rings (SSSR count). The third kappa shape index (κ3) is 7.54. The number of hydrogen-bond acceptors (Lipinski definition) is 6. The Kier molecular flexibility index (Phi) is 9.90. The maximum Gasteiger partial charge on any atom is 0.137 e. The molecule has 1 aliphatic rings. The molecule has 7 heteroatoms. The Morgan fingerprint density at radius 3 is 2.38 bits per heavy atom. The number of ether oxygens (including phenoxy) is 3. The van der Waals surface area contributed by atoms with Crippen LogP contribution in [-0.2, 0) is 17.8 Å². The van der Waals surface area contributed by atoms with E-state index < -0.39 is 0 Å². The minimum atomic E-state index is 0.209. The standard InChI is InChI=1S/C27H37ClN2O4/c1-4-5-8-30-9-6-19(7-10-30)11-22(31)14-21-15-25(28)26(29)17-27(21)34-18-20-12-23(32-2)16-24(13-20)33-3/h12-13,15-17,19H,4-11,14,18,29H2,1-3H3. The number of halogens is 1. The zero-order valence-corrected chi connectivity index (χ0v) is 21.3. The van der Waals surface area contributed by atoms with Crippen LogP contribution in [-0.4, -0.2) is 44.5 Å². The van der Waals surface area contributed by atoms with Gasteiger partial charge in [0.25, 0.3) is 0 Å². The average molecular weight is 489 g/mol. The Balaban J connectivity index is 1.63. The number of nitrogens with zero attached hydrogens (tertiary/aromatic N) is 1. The van der Waals surface area contributed by atoms with Gasteiger partial charge in [0.15, 0.2) is 0 Å². The maximum atomic E-state index is 12.9. The van der Waals surface area contributed by atoms with Gasteiger partial charge in [0.05, 0.1) is 24.9 Å². The Morgan fingerprint density at radius 2 is 1.76 bits per heavy atom. The summed E-state index contributed by atoms with van der Waals surface area (Å²) in [6.45, 7) is 5.85. The molecule has 2 aromatic carbocycles. The first-order valence-corrected chi connectivity index (χ1v) is 12.5. The van der Waals surface area contributed by atoms with Crippen LogP contribution in [0, 0.1) is 5.92 Å². The molecular formula is C27H37ClN2O4. The van der Waals surface area contributed by atoms with Crippen LogP contribution >= 0.6 is 11.6 Å². The number of carbonyl (C=O) groups excluding carboxylic acids is 1. The van der Waals surface area contributed by atoms with Crippen LogP contribution in [0.2, 0.25) is 5.02 Å². The van der Waals surface area contributed by atoms with Crippen LogP contribution < -0.4 is 19.9 Å². The maximum absolute atomic E-state index is 12.9. The summed E-state index contributed by atoms with van der Waals surface area (Å²) in [4.78, 5) is 15.5. The number of nitrogens with two attached hydrogens (primary N) is 1. The molecule has 0 saturated carbocycles. The minimum Gasteiger partial charge on any atom is -0.497 e. The first kappa shape index (κ1) is 26.2. The van der Waals surface area contributed by atoms with Crippen molar-refractivity contribution in [3.8, 4) is 17.2 Å². The summed E-state index contributed by atoms with van der Waals surface area (Å²) in [5.41, 5.74) is 8.11. The van der Waals surface area contributed by atoms with E-state index in [4.69, 9.17) is 31.5 Å². The molecule has 0 spiro atoms. The van der Waals surface area contributed by atoms with E-state index in [1.807, 2.05) is 18.2 Å². The third-order valence-corrected chi connectivity index (χ3v) is 6.75. The zero-order chi connectivity index (χ0) is 24.5. The summed E-state index contributed by atoms with van der Waals surface area (Å²) >= 11 is 6.28. The number of ketones is 1. The molecule has 0 unspecified atom stereocenters. The van der Waals surface area contributed by atoms with Gasteiger partial charge in [-0.05, 0) is 68.6 Å². The summed E-state index contributed by atoms with van der Waals surface area (Å²) in [7, 11) is 3.22. The van der Waals surface area contributed by atoms with E-state index in [0.29, 0.717) is 40.3 Å². The van der Waals surface area contributed by atoms with Crippen molar-refractivity contribution < 1.29 is 19.0 Å². The van der Waals surface area contributed by atoms with Gasteiger partial charge < -0.3 is 24.8 Å². The second-order valence-corrected chi connectivity index (χ2v) is 9.46. The van der Waals surface area contributed by atoms with Crippen molar-refractivity contribution in [2.75, 3.05) is 39.6 Å². The van der Waals surface area contributed by atoms with Gasteiger partial charge in [-0.1, -0.05) is 24.9 Å². The Hall–Kier alpha value is -2.44. The molecule has 0 aromatic heterocycles. The van der Waals surface area contributed by atoms with E-state index >= 15 is 0 Å². The second kappa shape index (κ2) is 12.9. The van der Waals surface area contributed by atoms with Crippen molar-refractivity contribution in [1.29, 1.82) is 0 Å². The Morgan fingerprint density at radius 1 is 1.09 bits per heavy atom. The molecule has 1 fully saturated rings. The number of likely N-dealkylation sites (tertiary alicyclic amines) is 1. The van der Waals surface area contributed by atoms with Gasteiger partial charge in [0.1, 0.15) is 29.6 Å². The topological polar surface area (TPSA) is 74.0 Å². The number of anilines is 1. The average Bonchev–Trinajstić information content (AvgIpc) is 2.84. The Labute approximate surface area is 208 Å². The fraction of sp³-hybridized carbons (Fsp3) is 0.519. The van der Waals surface area contributed by atoms with E-state index in [1.54, 1.807) is 26.4 Å². The summed E-state index contributed by atoms with van der Waals surface area (Å²) < 4.78 is 16.8. The number of carbonyl (C=O) groups is 1. The normalized spacial score (nSPS) is 14.7. The third-order valence-electron chi connectivity index (χ3n) is 6.42. The van der Waals surface area contributed by atoms with Crippen molar-refractivity contribution in [3.05, 3.63) is 46.5 Å². The first-order valence-electron chi connectivity index (χ1n) is 12.1. The molecule has 186 valence electrons. The van der Waals surface area contributed by atoms with Gasteiger partial charge in [-0.2, -0.15) is 0 Å². The molecule has 6 nitrogen and oxygen atoms in total. The summed E-state index contributed by atoms with van der Waals surface area (Å²) in [5, 5.41) is 0.433. The minimum absolute atomic E-state index is 0.209. The number of Topliss-reactive ketones (excluding diaryl/α,β-unsaturated/α-hetero) is 1. The van der Waals surface area contributed by atoms with Gasteiger partial charge in [0, 0.05) is 30.5 Å². The molecule has 1 aliphatic heterocycles. The summed E-state index contributed by atoms with van der Waals surface area (Å²) in [6.07, 6.45) is 5.51. The van der Waals surface area contributed by atoms with Crippen molar-refractivity contribution in [2.24, 2.45) is 5.92 Å². The van der Waals surface area contributed by atoms with Gasteiger partial charge in [-0.15, -0.1) is 0 Å². The van der Waals surface area contributed by atoms with Crippen molar-refractivity contribution >= 4 is 23.1 Å². The predicted molar refractivity (Wildman–Crippen MR) is 137 cm³/mol. The van der Waals surface area contributed by atoms with Crippen LogP contribution in [0.25, 0.3) is 0 Å². The van der Waals surface area contributed by atoms with E-state index in [0.717, 1.165) is 37.1 Å². The summed E-state index contributed by atoms with van der Waals surface area (Å²) in [6, 6.07) is 9.04. The molecule has 1 saturated heterocycles. The molecule has 2 aromatic rings. The molecule has 34 heavy (non-hydrogen) atoms. The predicted octanol–water partition coefficient (Wildman–Crippen LogP) is 5.53. The highest BCUT2D eigenvalue weighted by molar-refractivity contribution is 6.33. The number of hydrogen-bond donors (Lipinski definition) is 1. The molecule has 2 N–H and O–H groups in total. The first-order chi connectivity index (χ1) is 16.4. The highest BCUT2D eigenvalue weighted by Gasteiger charge is 2.22. The lowest BCUT2D eigenvalue weighted by atomic mass is 9.90. The number of unbranched alkanes of at least 4 members (excludes halogenated alkanes) is 1. The quantitative estimate of drug-likeness (QED) is 0.396. The second-order valence-electron chi connectivity index (χ2n) is 9.05. The molecule has 0 amide bonds. The van der Waals surface area contributed by atoms with Crippen LogP contribution in [0.4, 0.5) is 5.69 Å². The van der Waals surface area contributed by atoms with Crippen molar-refractivity contribution in [1.82, 2.24) is 4.90 Å². The van der Waals surface area contributed by atoms with Crippen LogP contribution in [0.5, 0.6) is 17.2 Å². The molecule has 0 radical (unpaired) electrons. The SMILES string of the molecule is CCCCN1CCC(CC(=O)Cc2cc(Cl)c(N)cc2OCc2cc(OC)cc(OC)c2)CC1. The number of nitrogen functional groups attached to an aromatic ring is 1. The lowest BCUT2D eigenvalue weighted by Crippen LogP contribution is -2.35. The molecule has 1 heterocycles. The zero-order valence-electron chi connectivity index (χ0n) is 20.6. The number of rotatable bonds is 12. The van der Waals surface area contributed by atoms with Gasteiger partial charge in [-0.3, -0.25) is 4.79 Å². The van der Waals surface area contributed by atoms with Crippen LogP contribution in [0.1, 0.15) is 50.2 Å². The molecular weight excluding hydrogens is 452 g/mol. The largest absolute Gasteiger partial charge is 0.497 e. The van der Waals surface area contributed by atoms with E-state index in [2.05, 4.69) is 11.8 Å². The fourth-order valence-electron chi connectivity index (χ4n) is 4.40.